The highest BCUT2D eigenvalue weighted by atomic mass is 15.0. The minimum atomic E-state index is 0.927. The van der Waals surface area contributed by atoms with Crippen LogP contribution in [0, 0.1) is 0 Å². The van der Waals surface area contributed by atoms with Crippen LogP contribution in [0.4, 0.5) is 0 Å². The Kier molecular flexibility index (Phi) is 7.60. The van der Waals surface area contributed by atoms with Crippen molar-refractivity contribution in [3.05, 3.63) is 224 Å². The average molecular weight is 788 g/mol. The van der Waals surface area contributed by atoms with E-state index in [-0.39, 0.29) is 0 Å². The fourth-order valence-corrected chi connectivity index (χ4v) is 10.1. The molecule has 0 fully saturated rings. The molecule has 0 saturated heterocycles. The molecule has 13 aromatic rings. The summed E-state index contributed by atoms with van der Waals surface area (Å²) in [5.74, 6) is 0. The number of rotatable bonds is 5. The molecule has 0 radical (unpaired) electrons. The van der Waals surface area contributed by atoms with Crippen LogP contribution in [-0.4, -0.2) is 14.1 Å². The Morgan fingerprint density at radius 3 is 1.10 bits per heavy atom. The van der Waals surface area contributed by atoms with Crippen LogP contribution >= 0.6 is 0 Å². The van der Waals surface area contributed by atoms with Gasteiger partial charge < -0.3 is 9.13 Å². The lowest BCUT2D eigenvalue weighted by atomic mass is 9.92. The van der Waals surface area contributed by atoms with E-state index in [4.69, 9.17) is 4.98 Å². The summed E-state index contributed by atoms with van der Waals surface area (Å²) in [6.07, 6.45) is 0. The standard InChI is InChI=1S/C59H37N3/c1-3-15-42(16-4-1)61-56-25-13-11-23-49(56)51-31-27-38(36-58(51)61)41-34-54(39-28-30-48-46-21-8-7-19-44(46)45-20-9-10-22-47(45)53(48)33-39)60-55(35-41)40-29-32-52-50-24-12-14-26-57(50)62(59(52)37-40)43-17-5-2-6-18-43/h1-37H. The number of hydrogen-bond acceptors (Lipinski definition) is 1. The summed E-state index contributed by atoms with van der Waals surface area (Å²) in [7, 11) is 0. The summed E-state index contributed by atoms with van der Waals surface area (Å²) in [5, 5.41) is 12.5. The van der Waals surface area contributed by atoms with Crippen LogP contribution in [0.2, 0.25) is 0 Å². The first kappa shape index (κ1) is 34.6. The zero-order valence-corrected chi connectivity index (χ0v) is 33.7. The highest BCUT2D eigenvalue weighted by molar-refractivity contribution is 6.25. The number of nitrogens with zero attached hydrogens (tertiary/aromatic N) is 3. The third-order valence-corrected chi connectivity index (χ3v) is 12.9. The quantitative estimate of drug-likeness (QED) is 0.159. The van der Waals surface area contributed by atoms with Gasteiger partial charge in [0.25, 0.3) is 0 Å². The second-order valence-corrected chi connectivity index (χ2v) is 16.3. The van der Waals surface area contributed by atoms with Gasteiger partial charge in [0, 0.05) is 44.0 Å². The lowest BCUT2D eigenvalue weighted by Gasteiger charge is -2.14. The van der Waals surface area contributed by atoms with Gasteiger partial charge in [0.2, 0.25) is 0 Å². The predicted molar refractivity (Wildman–Crippen MR) is 262 cm³/mol. The van der Waals surface area contributed by atoms with Gasteiger partial charge in [-0.1, -0.05) is 158 Å². The number of para-hydroxylation sites is 4. The van der Waals surface area contributed by atoms with Gasteiger partial charge in [0.15, 0.2) is 0 Å². The normalized spacial score (nSPS) is 11.9. The molecule has 0 bridgehead atoms. The highest BCUT2D eigenvalue weighted by Crippen LogP contribution is 2.41. The number of aromatic nitrogens is 3. The molecule has 0 saturated carbocycles. The van der Waals surface area contributed by atoms with Crippen molar-refractivity contribution in [2.24, 2.45) is 0 Å². The maximum Gasteiger partial charge on any atom is 0.0716 e. The molecule has 10 aromatic carbocycles. The van der Waals surface area contributed by atoms with Crippen LogP contribution in [-0.2, 0) is 0 Å². The minimum Gasteiger partial charge on any atom is -0.309 e. The van der Waals surface area contributed by atoms with E-state index < -0.39 is 0 Å². The van der Waals surface area contributed by atoms with Gasteiger partial charge in [-0.15, -0.1) is 0 Å². The van der Waals surface area contributed by atoms with E-state index in [9.17, 15) is 0 Å². The molecule has 0 amide bonds. The first-order valence-corrected chi connectivity index (χ1v) is 21.3. The maximum absolute atomic E-state index is 5.56. The molecule has 0 N–H and O–H groups in total. The summed E-state index contributed by atoms with van der Waals surface area (Å²) in [4.78, 5) is 5.56. The van der Waals surface area contributed by atoms with E-state index in [1.54, 1.807) is 0 Å². The largest absolute Gasteiger partial charge is 0.309 e. The van der Waals surface area contributed by atoms with Gasteiger partial charge in [0.05, 0.1) is 33.5 Å². The SMILES string of the molecule is c1ccc(-n2c3ccccc3c3ccc(-c4cc(-c5ccc6c7ccccc7c7ccccc7c6c5)nc(-c5ccc6c7ccccc7n(-c7ccccc7)c6c5)c4)cc32)cc1. The molecular weight excluding hydrogens is 751 g/mol. The Hall–Kier alpha value is -8.27. The zero-order valence-electron chi connectivity index (χ0n) is 33.7. The first-order chi connectivity index (χ1) is 30.7. The highest BCUT2D eigenvalue weighted by Gasteiger charge is 2.18. The maximum atomic E-state index is 5.56. The van der Waals surface area contributed by atoms with Gasteiger partial charge >= 0.3 is 0 Å². The van der Waals surface area contributed by atoms with Crippen LogP contribution in [0.25, 0.3) is 121 Å². The molecule has 3 aromatic heterocycles. The summed E-state index contributed by atoms with van der Waals surface area (Å²) in [5.41, 5.74) is 13.3. The van der Waals surface area contributed by atoms with Crippen molar-refractivity contribution < 1.29 is 0 Å². The van der Waals surface area contributed by atoms with Crippen LogP contribution < -0.4 is 0 Å². The topological polar surface area (TPSA) is 22.8 Å². The third kappa shape index (κ3) is 5.28. The summed E-state index contributed by atoms with van der Waals surface area (Å²) < 4.78 is 4.78. The van der Waals surface area contributed by atoms with Crippen LogP contribution in [0.5, 0.6) is 0 Å². The fraction of sp³-hybridized carbons (Fsp3) is 0. The zero-order chi connectivity index (χ0) is 40.7. The molecule has 0 spiro atoms. The lowest BCUT2D eigenvalue weighted by molar-refractivity contribution is 1.18. The number of benzene rings is 10. The molecular formula is C59H37N3. The third-order valence-electron chi connectivity index (χ3n) is 12.9. The van der Waals surface area contributed by atoms with Crippen molar-refractivity contribution in [2.45, 2.75) is 0 Å². The van der Waals surface area contributed by atoms with Gasteiger partial charge in [-0.25, -0.2) is 4.98 Å². The van der Waals surface area contributed by atoms with Crippen molar-refractivity contribution in [1.82, 2.24) is 14.1 Å². The number of fused-ring (bicyclic) bond motifs is 12. The molecule has 3 heteroatoms. The molecule has 0 aliphatic heterocycles. The molecule has 3 nitrogen and oxygen atoms in total. The van der Waals surface area contributed by atoms with E-state index in [0.29, 0.717) is 0 Å². The van der Waals surface area contributed by atoms with Gasteiger partial charge in [-0.2, -0.15) is 0 Å². The van der Waals surface area contributed by atoms with E-state index in [1.165, 1.54) is 70.4 Å². The van der Waals surface area contributed by atoms with Crippen LogP contribution in [0.15, 0.2) is 224 Å². The van der Waals surface area contributed by atoms with E-state index in [2.05, 4.69) is 234 Å². The summed E-state index contributed by atoms with van der Waals surface area (Å²) >= 11 is 0. The smallest absolute Gasteiger partial charge is 0.0716 e. The van der Waals surface area contributed by atoms with Gasteiger partial charge in [0.1, 0.15) is 0 Å². The van der Waals surface area contributed by atoms with Crippen molar-refractivity contribution in [2.75, 3.05) is 0 Å². The fourth-order valence-electron chi connectivity index (χ4n) is 10.1. The van der Waals surface area contributed by atoms with Crippen LogP contribution in [0.1, 0.15) is 0 Å². The van der Waals surface area contributed by atoms with E-state index >= 15 is 0 Å². The summed E-state index contributed by atoms with van der Waals surface area (Å²) in [6, 6.07) is 81.6. The molecule has 3 heterocycles. The van der Waals surface area contributed by atoms with Crippen LogP contribution in [0.3, 0.4) is 0 Å². The Morgan fingerprint density at radius 2 is 0.581 bits per heavy atom. The molecule has 62 heavy (non-hydrogen) atoms. The monoisotopic (exact) mass is 787 g/mol. The molecule has 0 aliphatic rings. The molecule has 0 aliphatic carbocycles. The second-order valence-electron chi connectivity index (χ2n) is 16.3. The second kappa shape index (κ2) is 13.6. The van der Waals surface area contributed by atoms with Crippen molar-refractivity contribution in [1.29, 1.82) is 0 Å². The molecule has 0 atom stereocenters. The average Bonchev–Trinajstić information content (AvgIpc) is 3.86. The van der Waals surface area contributed by atoms with Crippen molar-refractivity contribution in [3.8, 4) is 45.0 Å². The first-order valence-electron chi connectivity index (χ1n) is 21.3. The Morgan fingerprint density at radius 1 is 0.226 bits per heavy atom. The van der Waals surface area contributed by atoms with Gasteiger partial charge in [-0.3, -0.25) is 0 Å². The van der Waals surface area contributed by atoms with Crippen molar-refractivity contribution in [3.63, 3.8) is 0 Å². The van der Waals surface area contributed by atoms with E-state index in [1.807, 2.05) is 0 Å². The molecule has 13 rings (SSSR count). The van der Waals surface area contributed by atoms with Crippen molar-refractivity contribution >= 4 is 75.9 Å². The number of hydrogen-bond donors (Lipinski definition) is 0. The number of pyridine rings is 1. The Labute approximate surface area is 358 Å². The molecule has 288 valence electrons. The Bertz CT molecular complexity index is 3700. The minimum absolute atomic E-state index is 0.927. The molecule has 0 unspecified atom stereocenters. The lowest BCUT2D eigenvalue weighted by Crippen LogP contribution is -1.95. The predicted octanol–water partition coefficient (Wildman–Crippen LogP) is 15.7. The summed E-state index contributed by atoms with van der Waals surface area (Å²) in [6.45, 7) is 0. The Balaban J connectivity index is 1.07. The van der Waals surface area contributed by atoms with E-state index in [0.717, 1.165) is 50.5 Å². The van der Waals surface area contributed by atoms with Gasteiger partial charge in [-0.05, 0) is 110 Å².